The summed E-state index contributed by atoms with van der Waals surface area (Å²) in [7, 11) is 0. The normalized spacial score (nSPS) is 11.4. The van der Waals surface area contributed by atoms with Gasteiger partial charge in [0, 0.05) is 55.7 Å². The summed E-state index contributed by atoms with van der Waals surface area (Å²) in [4.78, 5) is 110. The first kappa shape index (κ1) is 69.5. The van der Waals surface area contributed by atoms with Crippen molar-refractivity contribution >= 4 is 53.7 Å². The number of hydrogen-bond donors (Lipinski definition) is 0. The number of carbonyl (C=O) groups excluding carboxylic acids is 9. The zero-order valence-electron chi connectivity index (χ0n) is 46.0. The standard InChI is InChI=1S/C57H92O18/c1-5-9-12-15-24-39-67-51(61)33-36-54(64)70-42-27-18-21-30-48(58)73-45-57(8-4,46-74-49(59)31-22-19-28-43-71-55(65)37-34-52(62)68-40-25-16-13-10-6-2)47-75-50(60)32-23-20-29-44-72-56(66)38-35-53(63)69-41-26-17-14-11-7-3/h33-38H,5-32,39-47H2,1-4H3/b36-33+,37-34+,38-35+. The third kappa shape index (κ3) is 45.6. The molecule has 0 bridgehead atoms. The van der Waals surface area contributed by atoms with Crippen LogP contribution in [0.1, 0.15) is 207 Å². The SMILES string of the molecule is CCCCCCCOC(=O)/C=C/C(=O)OCCCCCC(=O)OCC(CC)(COC(=O)CCCCCOC(=O)/C=C/C(=O)OCCCCCCC)COC(=O)CCCCCOC(=O)/C=C/C(=O)OCCCCCCC. The summed E-state index contributed by atoms with van der Waals surface area (Å²) in [5, 5.41) is 0. The molecule has 0 aliphatic carbocycles. The van der Waals surface area contributed by atoms with Gasteiger partial charge >= 0.3 is 53.7 Å². The van der Waals surface area contributed by atoms with Crippen LogP contribution in [0.3, 0.4) is 0 Å². The van der Waals surface area contributed by atoms with E-state index in [2.05, 4.69) is 20.8 Å². The van der Waals surface area contributed by atoms with Gasteiger partial charge in [-0.2, -0.15) is 0 Å². The lowest BCUT2D eigenvalue weighted by Crippen LogP contribution is -2.39. The quantitative estimate of drug-likeness (QED) is 0.0238. The number of unbranched alkanes of at least 4 members (excludes halogenated alkanes) is 18. The van der Waals surface area contributed by atoms with E-state index in [4.69, 9.17) is 42.6 Å². The van der Waals surface area contributed by atoms with Crippen LogP contribution in [0.5, 0.6) is 0 Å². The highest BCUT2D eigenvalue weighted by Gasteiger charge is 2.34. The van der Waals surface area contributed by atoms with Crippen LogP contribution in [0.25, 0.3) is 0 Å². The second-order valence-corrected chi connectivity index (χ2v) is 18.5. The van der Waals surface area contributed by atoms with Crippen molar-refractivity contribution < 1.29 is 85.8 Å². The van der Waals surface area contributed by atoms with Gasteiger partial charge in [-0.1, -0.05) is 105 Å². The molecule has 428 valence electrons. The number of hydrogen-bond acceptors (Lipinski definition) is 18. The van der Waals surface area contributed by atoms with E-state index in [-0.39, 0.29) is 58.9 Å². The maximum absolute atomic E-state index is 12.8. The molecule has 0 amide bonds. The van der Waals surface area contributed by atoms with E-state index in [1.165, 1.54) is 0 Å². The van der Waals surface area contributed by atoms with Gasteiger partial charge in [-0.15, -0.1) is 0 Å². The molecule has 18 heteroatoms. The van der Waals surface area contributed by atoms with Crippen LogP contribution >= 0.6 is 0 Å². The van der Waals surface area contributed by atoms with Gasteiger partial charge in [0.25, 0.3) is 0 Å². The molecule has 0 aliphatic heterocycles. The number of esters is 9. The minimum Gasteiger partial charge on any atom is -0.465 e. The van der Waals surface area contributed by atoms with E-state index in [1.54, 1.807) is 6.92 Å². The Bertz CT molecular complexity index is 1500. The Morgan fingerprint density at radius 2 is 0.467 bits per heavy atom. The number of ether oxygens (including phenoxy) is 9. The van der Waals surface area contributed by atoms with Crippen molar-refractivity contribution in [3.05, 3.63) is 36.5 Å². The molecule has 0 spiro atoms. The molecule has 0 saturated carbocycles. The molecule has 75 heavy (non-hydrogen) atoms. The molecule has 0 saturated heterocycles. The molecule has 0 rings (SSSR count). The molecule has 0 fully saturated rings. The molecular formula is C57H92O18. The van der Waals surface area contributed by atoms with Crippen LogP contribution < -0.4 is 0 Å². The van der Waals surface area contributed by atoms with Crippen molar-refractivity contribution in [2.24, 2.45) is 5.41 Å². The third-order valence-corrected chi connectivity index (χ3v) is 11.7. The molecular weight excluding hydrogens is 973 g/mol. The van der Waals surface area contributed by atoms with Crippen LogP contribution in [0.4, 0.5) is 0 Å². The highest BCUT2D eigenvalue weighted by atomic mass is 16.6. The summed E-state index contributed by atoms with van der Waals surface area (Å²) in [6.07, 6.45) is 26.3. The van der Waals surface area contributed by atoms with Crippen LogP contribution in [0.15, 0.2) is 36.5 Å². The van der Waals surface area contributed by atoms with Crippen LogP contribution in [-0.4, -0.2) is 113 Å². The predicted octanol–water partition coefficient (Wildman–Crippen LogP) is 10.5. The lowest BCUT2D eigenvalue weighted by molar-refractivity contribution is -0.163. The van der Waals surface area contributed by atoms with Crippen molar-refractivity contribution in [3.63, 3.8) is 0 Å². The van der Waals surface area contributed by atoms with Gasteiger partial charge in [-0.05, 0) is 83.5 Å². The van der Waals surface area contributed by atoms with Gasteiger partial charge in [0.15, 0.2) is 0 Å². The molecule has 18 nitrogen and oxygen atoms in total. The summed E-state index contributed by atoms with van der Waals surface area (Å²) in [6, 6.07) is 0. The van der Waals surface area contributed by atoms with E-state index in [9.17, 15) is 43.2 Å². The summed E-state index contributed by atoms with van der Waals surface area (Å²) < 4.78 is 47.6. The molecule has 0 aromatic heterocycles. The summed E-state index contributed by atoms with van der Waals surface area (Å²) in [5.74, 6) is -5.38. The Labute approximate surface area is 447 Å². The lowest BCUT2D eigenvalue weighted by atomic mass is 9.88. The first-order chi connectivity index (χ1) is 36.3. The maximum Gasteiger partial charge on any atom is 0.331 e. The summed E-state index contributed by atoms with van der Waals surface area (Å²) in [6.45, 7) is 8.74. The van der Waals surface area contributed by atoms with Gasteiger partial charge in [-0.25, -0.2) is 28.8 Å². The number of carbonyl (C=O) groups is 9. The van der Waals surface area contributed by atoms with E-state index in [0.717, 1.165) is 133 Å². The van der Waals surface area contributed by atoms with Crippen molar-refractivity contribution in [1.82, 2.24) is 0 Å². The summed E-state index contributed by atoms with van der Waals surface area (Å²) in [5.41, 5.74) is -1.05. The molecule has 0 aliphatic rings. The largest absolute Gasteiger partial charge is 0.465 e. The second-order valence-electron chi connectivity index (χ2n) is 18.5. The topological polar surface area (TPSA) is 237 Å². The van der Waals surface area contributed by atoms with Gasteiger partial charge < -0.3 is 42.6 Å². The maximum atomic E-state index is 12.8. The van der Waals surface area contributed by atoms with Crippen molar-refractivity contribution in [1.29, 1.82) is 0 Å². The van der Waals surface area contributed by atoms with Crippen molar-refractivity contribution in [3.8, 4) is 0 Å². The monoisotopic (exact) mass is 1060 g/mol. The van der Waals surface area contributed by atoms with Crippen LogP contribution in [0, 0.1) is 5.41 Å². The predicted molar refractivity (Wildman–Crippen MR) is 280 cm³/mol. The Balaban J connectivity index is 4.95. The van der Waals surface area contributed by atoms with Crippen LogP contribution in [0.2, 0.25) is 0 Å². The average Bonchev–Trinajstić information content (AvgIpc) is 3.40. The average molecular weight is 1070 g/mol. The zero-order chi connectivity index (χ0) is 55.5. The van der Waals surface area contributed by atoms with E-state index in [1.807, 2.05) is 0 Å². The van der Waals surface area contributed by atoms with Gasteiger partial charge in [-0.3, -0.25) is 14.4 Å². The molecule has 0 unspecified atom stereocenters. The van der Waals surface area contributed by atoms with Gasteiger partial charge in [0.2, 0.25) is 0 Å². The Morgan fingerprint density at radius 1 is 0.267 bits per heavy atom. The fourth-order valence-corrected chi connectivity index (χ4v) is 6.84. The van der Waals surface area contributed by atoms with E-state index < -0.39 is 59.1 Å². The van der Waals surface area contributed by atoms with Crippen molar-refractivity contribution in [2.75, 3.05) is 59.5 Å². The lowest BCUT2D eigenvalue weighted by Gasteiger charge is -2.31. The van der Waals surface area contributed by atoms with Gasteiger partial charge in [0.1, 0.15) is 19.8 Å². The number of rotatable bonds is 49. The Morgan fingerprint density at radius 3 is 0.667 bits per heavy atom. The highest BCUT2D eigenvalue weighted by molar-refractivity contribution is 5.92. The second kappa shape index (κ2) is 49.3. The minimum atomic E-state index is -1.05. The third-order valence-electron chi connectivity index (χ3n) is 11.7. The molecule has 0 heterocycles. The highest BCUT2D eigenvalue weighted by Crippen LogP contribution is 2.26. The first-order valence-corrected chi connectivity index (χ1v) is 27.8. The fraction of sp³-hybridized carbons (Fsp3) is 0.737. The summed E-state index contributed by atoms with van der Waals surface area (Å²) >= 11 is 0. The zero-order valence-corrected chi connectivity index (χ0v) is 46.0. The first-order valence-electron chi connectivity index (χ1n) is 27.8. The van der Waals surface area contributed by atoms with Crippen LogP contribution in [-0.2, 0) is 85.8 Å². The Kier molecular flexibility index (Phi) is 45.7. The fourth-order valence-electron chi connectivity index (χ4n) is 6.84. The molecule has 0 atom stereocenters. The smallest absolute Gasteiger partial charge is 0.331 e. The Hall–Kier alpha value is -5.55. The molecule has 0 radical (unpaired) electrons. The van der Waals surface area contributed by atoms with Crippen molar-refractivity contribution in [2.45, 2.75) is 207 Å². The minimum absolute atomic E-state index is 0.0618. The molecule has 0 N–H and O–H groups in total. The van der Waals surface area contributed by atoms with Gasteiger partial charge in [0.05, 0.1) is 45.1 Å². The van der Waals surface area contributed by atoms with E-state index >= 15 is 0 Å². The molecule has 0 aromatic rings. The van der Waals surface area contributed by atoms with E-state index in [0.29, 0.717) is 84.0 Å². The molecule has 0 aromatic carbocycles.